The van der Waals surface area contributed by atoms with Gasteiger partial charge in [0.25, 0.3) is 0 Å². The number of hydrogen-bond acceptors (Lipinski definition) is 13. The average molecular weight is 674 g/mol. The number of aliphatic hydroxyl groups is 3. The second-order valence-corrected chi connectivity index (χ2v) is 9.79. The Hall–Kier alpha value is -2.88. The molecule has 4 atom stereocenters. The zero-order valence-electron chi connectivity index (χ0n) is 24.6. The van der Waals surface area contributed by atoms with E-state index < -0.39 is 71.8 Å². The van der Waals surface area contributed by atoms with E-state index in [1.165, 1.54) is 0 Å². The Bertz CT molecular complexity index is 1200. The Morgan fingerprint density at radius 1 is 0.804 bits per heavy atom. The lowest BCUT2D eigenvalue weighted by molar-refractivity contribution is -0.242. The highest BCUT2D eigenvalue weighted by molar-refractivity contribution is 5.72. The molecule has 1 aromatic heterocycles. The second kappa shape index (κ2) is 19.7. The zero-order valence-corrected chi connectivity index (χ0v) is 24.6. The van der Waals surface area contributed by atoms with Crippen LogP contribution >= 0.6 is 0 Å². The first kappa shape index (κ1) is 37.6. The molecule has 3 N–H and O–H groups in total. The Kier molecular flexibility index (Phi) is 16.1. The van der Waals surface area contributed by atoms with Crippen LogP contribution in [0.25, 0.3) is 0 Å². The summed E-state index contributed by atoms with van der Waals surface area (Å²) in [5.74, 6) is -14.2. The number of esters is 1. The lowest BCUT2D eigenvalue weighted by Gasteiger charge is -2.34. The van der Waals surface area contributed by atoms with Crippen LogP contribution < -0.4 is 4.74 Å². The van der Waals surface area contributed by atoms with Gasteiger partial charge in [-0.15, -0.1) is 5.10 Å². The van der Waals surface area contributed by atoms with Crippen LogP contribution in [0.5, 0.6) is 5.75 Å². The molecule has 0 bridgehead atoms. The Morgan fingerprint density at radius 2 is 1.37 bits per heavy atom. The minimum Gasteiger partial charge on any atom is -0.420 e. The molecule has 1 aromatic carbocycles. The summed E-state index contributed by atoms with van der Waals surface area (Å²) in [7, 11) is 0. The molecule has 1 aliphatic rings. The zero-order chi connectivity index (χ0) is 33.5. The van der Waals surface area contributed by atoms with Crippen molar-refractivity contribution >= 4 is 5.97 Å². The van der Waals surface area contributed by atoms with Crippen molar-refractivity contribution in [2.75, 3.05) is 66.1 Å². The topological polar surface area (TPSA) is 173 Å². The van der Waals surface area contributed by atoms with E-state index in [4.69, 9.17) is 28.4 Å². The summed E-state index contributed by atoms with van der Waals surface area (Å²) in [6, 6.07) is 0. The van der Waals surface area contributed by atoms with Gasteiger partial charge in [0.05, 0.1) is 90.8 Å². The van der Waals surface area contributed by atoms with Crippen LogP contribution in [-0.4, -0.2) is 127 Å². The highest BCUT2D eigenvalue weighted by Gasteiger charge is 2.36. The average Bonchev–Trinajstić information content (AvgIpc) is 3.49. The van der Waals surface area contributed by atoms with E-state index in [1.54, 1.807) is 10.9 Å². The van der Waals surface area contributed by atoms with Gasteiger partial charge in [0.2, 0.25) is 34.8 Å². The fraction of sp³-hybridized carbons (Fsp3) is 0.667. The monoisotopic (exact) mass is 673 g/mol. The predicted octanol–water partition coefficient (Wildman–Crippen LogP) is 0.424. The molecule has 0 aliphatic carbocycles. The van der Waals surface area contributed by atoms with Crippen molar-refractivity contribution in [1.82, 2.24) is 15.0 Å². The van der Waals surface area contributed by atoms with E-state index in [-0.39, 0.29) is 52.7 Å². The van der Waals surface area contributed by atoms with E-state index in [9.17, 15) is 42.1 Å². The van der Waals surface area contributed by atoms with Gasteiger partial charge in [0, 0.05) is 19.0 Å². The van der Waals surface area contributed by atoms with E-state index in [1.807, 2.05) is 0 Å². The summed E-state index contributed by atoms with van der Waals surface area (Å²) in [6.07, 6.45) is -2.53. The lowest BCUT2D eigenvalue weighted by Crippen LogP contribution is -2.50. The van der Waals surface area contributed by atoms with Crippen LogP contribution in [0.4, 0.5) is 22.0 Å². The Labute approximate surface area is 259 Å². The third-order valence-corrected chi connectivity index (χ3v) is 6.34. The number of aromatic nitrogens is 3. The van der Waals surface area contributed by atoms with Crippen LogP contribution in [0.15, 0.2) is 6.20 Å². The maximum absolute atomic E-state index is 13.5. The van der Waals surface area contributed by atoms with Gasteiger partial charge in [-0.05, 0) is 0 Å². The second-order valence-electron chi connectivity index (χ2n) is 9.79. The van der Waals surface area contributed by atoms with Crippen LogP contribution in [0.3, 0.4) is 0 Å². The van der Waals surface area contributed by atoms with Crippen LogP contribution in [0, 0.1) is 29.1 Å². The Morgan fingerprint density at radius 3 is 2.00 bits per heavy atom. The Balaban J connectivity index is 1.11. The lowest BCUT2D eigenvalue weighted by atomic mass is 10.0. The molecular formula is C27H36F5N3O11. The quantitative estimate of drug-likeness (QED) is 0.0416. The smallest absolute Gasteiger partial charge is 0.313 e. The number of aliphatic hydroxyl groups excluding tert-OH is 3. The number of hydrogen-bond donors (Lipinski definition) is 3. The molecule has 0 saturated carbocycles. The summed E-state index contributed by atoms with van der Waals surface area (Å²) in [4.78, 5) is 11.6. The van der Waals surface area contributed by atoms with Crippen molar-refractivity contribution in [1.29, 1.82) is 0 Å². The van der Waals surface area contributed by atoms with Crippen molar-refractivity contribution in [2.24, 2.45) is 0 Å². The van der Waals surface area contributed by atoms with Gasteiger partial charge in [-0.1, -0.05) is 5.21 Å². The normalized spacial score (nSPS) is 19.9. The molecule has 2 heterocycles. The third-order valence-electron chi connectivity index (χ3n) is 6.34. The van der Waals surface area contributed by atoms with Gasteiger partial charge >= 0.3 is 5.97 Å². The number of rotatable bonds is 21. The minimum absolute atomic E-state index is 0.00790. The number of nitrogens with zero attached hydrogens (tertiary/aromatic N) is 3. The number of benzene rings is 1. The largest absolute Gasteiger partial charge is 0.420 e. The van der Waals surface area contributed by atoms with E-state index in [0.717, 1.165) is 0 Å². The maximum atomic E-state index is 13.5. The van der Waals surface area contributed by atoms with Gasteiger partial charge in [0.1, 0.15) is 12.2 Å². The molecule has 0 spiro atoms. The summed E-state index contributed by atoms with van der Waals surface area (Å²) >= 11 is 0. The first-order chi connectivity index (χ1) is 22.1. The summed E-state index contributed by atoms with van der Waals surface area (Å²) in [5, 5.41) is 37.2. The van der Waals surface area contributed by atoms with Crippen molar-refractivity contribution in [2.45, 2.75) is 50.4 Å². The number of halogens is 5. The molecule has 2 aromatic rings. The standard InChI is InChI=1S/C27H36F5N3O11/c28-21-22(29)24(31)27(25(32)23(21)30)46-19(37)2-5-40-7-9-42-11-12-43-10-8-41-6-3-35-14-16(33-34-35)1-4-44-15-18-26(39)17(36)13-20(38)45-18/h14,17-18,20,26,36,38-39H,1-13,15H2/t17-,18-,20-,26-/m1/s1. The van der Waals surface area contributed by atoms with E-state index in [0.29, 0.717) is 38.5 Å². The van der Waals surface area contributed by atoms with Gasteiger partial charge < -0.3 is 48.5 Å². The number of carbonyl (C=O) groups excluding carboxylic acids is 1. The molecule has 0 unspecified atom stereocenters. The van der Waals surface area contributed by atoms with Crippen molar-refractivity contribution in [3.63, 3.8) is 0 Å². The minimum atomic E-state index is -2.36. The van der Waals surface area contributed by atoms with Gasteiger partial charge in [-0.25, -0.2) is 17.9 Å². The molecule has 260 valence electrons. The van der Waals surface area contributed by atoms with Gasteiger partial charge in [-0.2, -0.15) is 8.78 Å². The SMILES string of the molecule is O=C(CCOCCOCCOCCOCCn1cc(CCOC[C@H]2O[C@@H](O)C[C@@H](O)[C@H]2O)nn1)Oc1c(F)c(F)c(F)c(F)c1F. The third kappa shape index (κ3) is 12.0. The summed E-state index contributed by atoms with van der Waals surface area (Å²) in [6.45, 7) is 2.25. The highest BCUT2D eigenvalue weighted by atomic mass is 19.2. The van der Waals surface area contributed by atoms with E-state index >= 15 is 0 Å². The predicted molar refractivity (Wildman–Crippen MR) is 142 cm³/mol. The molecule has 14 nitrogen and oxygen atoms in total. The van der Waals surface area contributed by atoms with Crippen molar-refractivity contribution in [3.05, 3.63) is 41.0 Å². The molecule has 0 radical (unpaired) electrons. The van der Waals surface area contributed by atoms with Crippen LogP contribution in [0.1, 0.15) is 18.5 Å². The molecule has 3 rings (SSSR count). The molecule has 19 heteroatoms. The fourth-order valence-electron chi connectivity index (χ4n) is 3.92. The van der Waals surface area contributed by atoms with Crippen molar-refractivity contribution in [3.8, 4) is 5.75 Å². The molecule has 1 aliphatic heterocycles. The maximum Gasteiger partial charge on any atom is 0.313 e. The fourth-order valence-corrected chi connectivity index (χ4v) is 3.92. The summed E-state index contributed by atoms with van der Waals surface area (Å²) < 4.78 is 104. The first-order valence-electron chi connectivity index (χ1n) is 14.3. The first-order valence-corrected chi connectivity index (χ1v) is 14.3. The summed E-state index contributed by atoms with van der Waals surface area (Å²) in [5.41, 5.74) is 0.687. The van der Waals surface area contributed by atoms with Crippen LogP contribution in [0.2, 0.25) is 0 Å². The van der Waals surface area contributed by atoms with Crippen molar-refractivity contribution < 1.29 is 75.2 Å². The van der Waals surface area contributed by atoms with Gasteiger partial charge in [0.15, 0.2) is 6.29 Å². The molecular weight excluding hydrogens is 637 g/mol. The molecule has 0 amide bonds. The number of carbonyl (C=O) groups is 1. The molecule has 1 fully saturated rings. The van der Waals surface area contributed by atoms with Crippen LogP contribution in [-0.2, 0) is 46.2 Å². The van der Waals surface area contributed by atoms with E-state index in [2.05, 4.69) is 15.0 Å². The highest BCUT2D eigenvalue weighted by Crippen LogP contribution is 2.29. The molecule has 46 heavy (non-hydrogen) atoms. The number of ether oxygens (including phenoxy) is 7. The van der Waals surface area contributed by atoms with Gasteiger partial charge in [-0.3, -0.25) is 4.79 Å². The molecule has 1 saturated heterocycles.